The average Bonchev–Trinajstić information content (AvgIpc) is 2.51. The fraction of sp³-hybridized carbons (Fsp3) is 0.650. The van der Waals surface area contributed by atoms with Crippen molar-refractivity contribution in [2.75, 3.05) is 13.7 Å². The highest BCUT2D eigenvalue weighted by molar-refractivity contribution is 5.79. The highest BCUT2D eigenvalue weighted by Crippen LogP contribution is 2.51. The van der Waals surface area contributed by atoms with E-state index in [-0.39, 0.29) is 23.7 Å². The van der Waals surface area contributed by atoms with Crippen LogP contribution in [-0.4, -0.2) is 19.7 Å². The smallest absolute Gasteiger partial charge is 0.312 e. The minimum absolute atomic E-state index is 0.0442. The van der Waals surface area contributed by atoms with Gasteiger partial charge in [-0.05, 0) is 36.8 Å². The summed E-state index contributed by atoms with van der Waals surface area (Å²) in [4.78, 5) is 13.0. The molecule has 2 atom stereocenters. The molecule has 0 aliphatic carbocycles. The number of benzene rings is 1. The summed E-state index contributed by atoms with van der Waals surface area (Å²) in [5.74, 6) is 1.25. The van der Waals surface area contributed by atoms with Gasteiger partial charge in [-0.25, -0.2) is 0 Å². The largest absolute Gasteiger partial charge is 0.496 e. The first-order valence-corrected chi connectivity index (χ1v) is 8.66. The highest BCUT2D eigenvalue weighted by atomic mass is 16.5. The summed E-state index contributed by atoms with van der Waals surface area (Å²) >= 11 is 0. The van der Waals surface area contributed by atoms with Gasteiger partial charge in [0.25, 0.3) is 0 Å². The van der Waals surface area contributed by atoms with Crippen molar-refractivity contribution < 1.29 is 14.3 Å². The van der Waals surface area contributed by atoms with Crippen LogP contribution in [0.5, 0.6) is 5.75 Å². The molecule has 0 N–H and O–H groups in total. The van der Waals surface area contributed by atoms with Crippen molar-refractivity contribution in [1.82, 2.24) is 0 Å². The van der Waals surface area contributed by atoms with Crippen molar-refractivity contribution in [2.24, 2.45) is 17.3 Å². The Morgan fingerprint density at radius 2 is 1.74 bits per heavy atom. The van der Waals surface area contributed by atoms with Gasteiger partial charge in [-0.15, -0.1) is 0 Å². The third-order valence-electron chi connectivity index (χ3n) is 4.97. The lowest BCUT2D eigenvalue weighted by atomic mass is 9.60. The summed E-state index contributed by atoms with van der Waals surface area (Å²) < 4.78 is 11.1. The Balaban J connectivity index is 3.57. The quantitative estimate of drug-likeness (QED) is 0.629. The van der Waals surface area contributed by atoms with Gasteiger partial charge in [0.05, 0.1) is 19.1 Å². The van der Waals surface area contributed by atoms with Gasteiger partial charge in [0.2, 0.25) is 0 Å². The van der Waals surface area contributed by atoms with E-state index < -0.39 is 5.41 Å². The molecular weight excluding hydrogens is 288 g/mol. The molecule has 3 heteroatoms. The number of ether oxygens (including phenoxy) is 2. The van der Waals surface area contributed by atoms with Gasteiger partial charge < -0.3 is 9.47 Å². The number of esters is 1. The molecule has 0 aliphatic heterocycles. The van der Waals surface area contributed by atoms with Crippen molar-refractivity contribution in [3.05, 3.63) is 29.8 Å². The van der Waals surface area contributed by atoms with Gasteiger partial charge in [-0.3, -0.25) is 4.79 Å². The summed E-state index contributed by atoms with van der Waals surface area (Å²) in [6, 6.07) is 8.03. The van der Waals surface area contributed by atoms with Crippen LogP contribution in [0, 0.1) is 17.3 Å². The van der Waals surface area contributed by atoms with Crippen LogP contribution < -0.4 is 4.74 Å². The van der Waals surface area contributed by atoms with Crippen molar-refractivity contribution in [3.8, 4) is 5.75 Å². The molecule has 3 nitrogen and oxygen atoms in total. The Morgan fingerprint density at radius 1 is 1.13 bits per heavy atom. The molecule has 23 heavy (non-hydrogen) atoms. The van der Waals surface area contributed by atoms with Crippen LogP contribution in [0.25, 0.3) is 0 Å². The monoisotopic (exact) mass is 320 g/mol. The first kappa shape index (κ1) is 19.5. The Morgan fingerprint density at radius 3 is 2.17 bits per heavy atom. The maximum absolute atomic E-state index is 13.0. The zero-order valence-electron chi connectivity index (χ0n) is 15.7. The van der Waals surface area contributed by atoms with Crippen LogP contribution in [0.1, 0.15) is 59.4 Å². The van der Waals surface area contributed by atoms with Crippen molar-refractivity contribution in [3.63, 3.8) is 0 Å². The molecule has 2 unspecified atom stereocenters. The number of rotatable bonds is 8. The Bertz CT molecular complexity index is 507. The van der Waals surface area contributed by atoms with Gasteiger partial charge >= 0.3 is 5.97 Å². The van der Waals surface area contributed by atoms with E-state index in [9.17, 15) is 4.79 Å². The third-order valence-corrected chi connectivity index (χ3v) is 4.97. The van der Waals surface area contributed by atoms with Crippen LogP contribution in [0.15, 0.2) is 24.3 Å². The Labute approximate surface area is 141 Å². The fourth-order valence-electron chi connectivity index (χ4n) is 3.91. The summed E-state index contributed by atoms with van der Waals surface area (Å²) in [6.07, 6.45) is 0.740. The Hall–Kier alpha value is -1.51. The fourth-order valence-corrected chi connectivity index (χ4v) is 3.91. The number of carbonyl (C=O) groups excluding carboxylic acids is 1. The van der Waals surface area contributed by atoms with Crippen LogP contribution >= 0.6 is 0 Å². The second kappa shape index (κ2) is 8.37. The topological polar surface area (TPSA) is 35.5 Å². The molecular formula is C20H32O3. The average molecular weight is 320 g/mol. The van der Waals surface area contributed by atoms with E-state index in [1.54, 1.807) is 7.11 Å². The minimum atomic E-state index is -0.557. The molecule has 0 saturated heterocycles. The highest BCUT2D eigenvalue weighted by Gasteiger charge is 2.50. The third kappa shape index (κ3) is 3.70. The van der Waals surface area contributed by atoms with E-state index in [2.05, 4.69) is 40.7 Å². The normalized spacial score (nSPS) is 15.3. The van der Waals surface area contributed by atoms with Crippen LogP contribution in [0.3, 0.4) is 0 Å². The van der Waals surface area contributed by atoms with Crippen LogP contribution in [0.2, 0.25) is 0 Å². The first-order valence-electron chi connectivity index (χ1n) is 8.66. The van der Waals surface area contributed by atoms with E-state index in [0.717, 1.165) is 17.7 Å². The van der Waals surface area contributed by atoms with Gasteiger partial charge in [-0.2, -0.15) is 0 Å². The predicted molar refractivity (Wildman–Crippen MR) is 94.8 cm³/mol. The molecule has 130 valence electrons. The van der Waals surface area contributed by atoms with Gasteiger partial charge in [0.1, 0.15) is 5.75 Å². The lowest BCUT2D eigenvalue weighted by molar-refractivity contribution is -0.162. The molecule has 1 aromatic carbocycles. The number of hydrogen-bond acceptors (Lipinski definition) is 3. The minimum Gasteiger partial charge on any atom is -0.496 e. The molecule has 0 aliphatic rings. The first-order chi connectivity index (χ1) is 10.9. The SMILES string of the molecule is CCOC(=O)C(CC)(C(C)C)C(c1ccccc1OC)C(C)C. The maximum atomic E-state index is 13.0. The van der Waals surface area contributed by atoms with Crippen molar-refractivity contribution in [2.45, 2.75) is 53.9 Å². The van der Waals surface area contributed by atoms with E-state index >= 15 is 0 Å². The van der Waals surface area contributed by atoms with Gasteiger partial charge in [-0.1, -0.05) is 52.8 Å². The zero-order valence-corrected chi connectivity index (χ0v) is 15.7. The second-order valence-electron chi connectivity index (χ2n) is 6.73. The van der Waals surface area contributed by atoms with E-state index in [1.165, 1.54) is 0 Å². The van der Waals surface area contributed by atoms with Crippen molar-refractivity contribution >= 4 is 5.97 Å². The maximum Gasteiger partial charge on any atom is 0.312 e. The molecule has 0 fully saturated rings. The number of carbonyl (C=O) groups is 1. The van der Waals surface area contributed by atoms with Crippen molar-refractivity contribution in [1.29, 1.82) is 0 Å². The molecule has 0 heterocycles. The molecule has 1 rings (SSSR count). The summed E-state index contributed by atoms with van der Waals surface area (Å²) in [6.45, 7) is 12.9. The molecule has 0 aromatic heterocycles. The molecule has 0 bridgehead atoms. The molecule has 0 amide bonds. The number of hydrogen-bond donors (Lipinski definition) is 0. The van der Waals surface area contributed by atoms with E-state index in [0.29, 0.717) is 6.61 Å². The van der Waals surface area contributed by atoms with Crippen LogP contribution in [-0.2, 0) is 9.53 Å². The predicted octanol–water partition coefficient (Wildman–Crippen LogP) is 5.05. The van der Waals surface area contributed by atoms with E-state index in [1.807, 2.05) is 25.1 Å². The van der Waals surface area contributed by atoms with Gasteiger partial charge in [0, 0.05) is 5.92 Å². The van der Waals surface area contributed by atoms with Gasteiger partial charge in [0.15, 0.2) is 0 Å². The lowest BCUT2D eigenvalue weighted by Gasteiger charge is -2.44. The Kier molecular flexibility index (Phi) is 7.11. The zero-order chi connectivity index (χ0) is 17.6. The summed E-state index contributed by atoms with van der Waals surface area (Å²) in [5, 5.41) is 0. The molecule has 0 spiro atoms. The van der Waals surface area contributed by atoms with E-state index in [4.69, 9.17) is 9.47 Å². The standard InChI is InChI=1S/C20H32O3/c1-8-20(15(5)6,19(21)23-9-2)18(14(3)4)16-12-10-11-13-17(16)22-7/h10-15,18H,8-9H2,1-7H3. The number of para-hydroxylation sites is 1. The summed E-state index contributed by atoms with van der Waals surface area (Å²) in [7, 11) is 1.68. The molecule has 1 aromatic rings. The molecule has 0 saturated carbocycles. The number of methoxy groups -OCH3 is 1. The lowest BCUT2D eigenvalue weighted by Crippen LogP contribution is -2.45. The second-order valence-corrected chi connectivity index (χ2v) is 6.73. The van der Waals surface area contributed by atoms with Crippen LogP contribution in [0.4, 0.5) is 0 Å². The molecule has 0 radical (unpaired) electrons. The summed E-state index contributed by atoms with van der Waals surface area (Å²) in [5.41, 5.74) is 0.535.